The van der Waals surface area contributed by atoms with Crippen LogP contribution in [0, 0.1) is 6.92 Å². The Morgan fingerprint density at radius 1 is 1.56 bits per heavy atom. The van der Waals surface area contributed by atoms with Crippen molar-refractivity contribution in [2.24, 2.45) is 0 Å². The highest BCUT2D eigenvalue weighted by Gasteiger charge is 2.26. The highest BCUT2D eigenvalue weighted by molar-refractivity contribution is 7.10. The normalized spacial score (nSPS) is 24.6. The first kappa shape index (κ1) is 12.1. The molecule has 1 aromatic rings. The molecule has 90 valence electrons. The molecule has 1 saturated heterocycles. The van der Waals surface area contributed by atoms with Gasteiger partial charge in [0.05, 0.1) is 6.10 Å². The van der Waals surface area contributed by atoms with Crippen molar-refractivity contribution >= 4 is 11.3 Å². The van der Waals surface area contributed by atoms with E-state index in [2.05, 4.69) is 23.3 Å². The van der Waals surface area contributed by atoms with Crippen LogP contribution in [-0.4, -0.2) is 28.7 Å². The average molecular weight is 239 g/mol. The molecule has 2 rings (SSSR count). The smallest absolute Gasteiger partial charge is 0.0667 e. The van der Waals surface area contributed by atoms with Gasteiger partial charge in [0, 0.05) is 17.5 Å². The average Bonchev–Trinajstić information content (AvgIpc) is 2.65. The molecule has 0 radical (unpaired) electrons. The molecule has 1 aromatic heterocycles. The van der Waals surface area contributed by atoms with Gasteiger partial charge in [0.15, 0.2) is 0 Å². The highest BCUT2D eigenvalue weighted by Crippen LogP contribution is 2.25. The molecule has 1 aliphatic rings. The molecule has 2 atom stereocenters. The standard InChI is InChI=1S/C13H21NOS/c1-10-6-8-16-13(10)9-14-7-4-3-5-12(14)11(2)15/h6,8,11-12,15H,3-5,7,9H2,1-2H3. The molecule has 0 aliphatic carbocycles. The summed E-state index contributed by atoms with van der Waals surface area (Å²) in [7, 11) is 0. The molecule has 1 N–H and O–H groups in total. The monoisotopic (exact) mass is 239 g/mol. The summed E-state index contributed by atoms with van der Waals surface area (Å²) < 4.78 is 0. The SMILES string of the molecule is Cc1ccsc1CN1CCCCC1C(C)O. The lowest BCUT2D eigenvalue weighted by molar-refractivity contribution is 0.0321. The molecule has 0 amide bonds. The van der Waals surface area contributed by atoms with Crippen LogP contribution in [-0.2, 0) is 6.54 Å². The van der Waals surface area contributed by atoms with Gasteiger partial charge in [0.1, 0.15) is 0 Å². The summed E-state index contributed by atoms with van der Waals surface area (Å²) >= 11 is 1.83. The van der Waals surface area contributed by atoms with E-state index in [9.17, 15) is 5.11 Å². The maximum atomic E-state index is 9.81. The van der Waals surface area contributed by atoms with Gasteiger partial charge in [-0.25, -0.2) is 0 Å². The molecule has 0 saturated carbocycles. The second-order valence-electron chi connectivity index (χ2n) is 4.80. The van der Waals surface area contributed by atoms with Crippen molar-refractivity contribution in [3.63, 3.8) is 0 Å². The molecule has 0 aromatic carbocycles. The fourth-order valence-electron chi connectivity index (χ4n) is 2.51. The summed E-state index contributed by atoms with van der Waals surface area (Å²) in [4.78, 5) is 3.90. The molecule has 2 nitrogen and oxygen atoms in total. The summed E-state index contributed by atoms with van der Waals surface area (Å²) in [6.45, 7) is 6.24. The van der Waals surface area contributed by atoms with Gasteiger partial charge in [-0.15, -0.1) is 11.3 Å². The second-order valence-corrected chi connectivity index (χ2v) is 5.80. The van der Waals surface area contributed by atoms with Crippen molar-refractivity contribution in [2.45, 2.75) is 51.8 Å². The van der Waals surface area contributed by atoms with Crippen LogP contribution in [0.2, 0.25) is 0 Å². The van der Waals surface area contributed by atoms with Gasteiger partial charge in [0.25, 0.3) is 0 Å². The zero-order valence-corrected chi connectivity index (χ0v) is 11.0. The van der Waals surface area contributed by atoms with E-state index in [1.807, 2.05) is 18.3 Å². The van der Waals surface area contributed by atoms with Gasteiger partial charge in [-0.1, -0.05) is 6.42 Å². The molecule has 0 bridgehead atoms. The van der Waals surface area contributed by atoms with Gasteiger partial charge in [-0.3, -0.25) is 4.90 Å². The highest BCUT2D eigenvalue weighted by atomic mass is 32.1. The molecule has 2 heterocycles. The van der Waals surface area contributed by atoms with Crippen molar-refractivity contribution in [2.75, 3.05) is 6.54 Å². The zero-order chi connectivity index (χ0) is 11.5. The van der Waals surface area contributed by atoms with E-state index in [1.165, 1.54) is 23.3 Å². The summed E-state index contributed by atoms with van der Waals surface area (Å²) in [5.41, 5.74) is 1.39. The summed E-state index contributed by atoms with van der Waals surface area (Å²) in [6.07, 6.45) is 3.46. The van der Waals surface area contributed by atoms with E-state index in [1.54, 1.807) is 0 Å². The topological polar surface area (TPSA) is 23.5 Å². The lowest BCUT2D eigenvalue weighted by atomic mass is 9.98. The first-order chi connectivity index (χ1) is 7.68. The summed E-state index contributed by atoms with van der Waals surface area (Å²) in [5.74, 6) is 0. The number of rotatable bonds is 3. The van der Waals surface area contributed by atoms with Crippen LogP contribution in [0.15, 0.2) is 11.4 Å². The van der Waals surface area contributed by atoms with Gasteiger partial charge >= 0.3 is 0 Å². The molecule has 2 unspecified atom stereocenters. The van der Waals surface area contributed by atoms with Crippen LogP contribution < -0.4 is 0 Å². The molecular weight excluding hydrogens is 218 g/mol. The van der Waals surface area contributed by atoms with Crippen molar-refractivity contribution in [3.05, 3.63) is 21.9 Å². The van der Waals surface area contributed by atoms with Crippen LogP contribution in [0.25, 0.3) is 0 Å². The number of aryl methyl sites for hydroxylation is 1. The van der Waals surface area contributed by atoms with E-state index >= 15 is 0 Å². The fraction of sp³-hybridized carbons (Fsp3) is 0.692. The molecule has 16 heavy (non-hydrogen) atoms. The Hall–Kier alpha value is -0.380. The number of thiophene rings is 1. The Morgan fingerprint density at radius 2 is 2.38 bits per heavy atom. The third kappa shape index (κ3) is 2.65. The lowest BCUT2D eigenvalue weighted by Gasteiger charge is -2.37. The Kier molecular flexibility index (Phi) is 4.00. The third-order valence-electron chi connectivity index (χ3n) is 3.54. The predicted molar refractivity (Wildman–Crippen MR) is 68.8 cm³/mol. The van der Waals surface area contributed by atoms with E-state index in [4.69, 9.17) is 0 Å². The molecule has 3 heteroatoms. The number of aliphatic hydroxyl groups is 1. The maximum Gasteiger partial charge on any atom is 0.0667 e. The minimum absolute atomic E-state index is 0.208. The Labute approximate surface area is 102 Å². The Bertz CT molecular complexity index is 334. The van der Waals surface area contributed by atoms with Crippen LogP contribution in [0.3, 0.4) is 0 Å². The minimum Gasteiger partial charge on any atom is -0.392 e. The second kappa shape index (κ2) is 5.30. The lowest BCUT2D eigenvalue weighted by Crippen LogP contribution is -2.45. The minimum atomic E-state index is -0.208. The van der Waals surface area contributed by atoms with E-state index in [-0.39, 0.29) is 6.10 Å². The number of aliphatic hydroxyl groups excluding tert-OH is 1. The van der Waals surface area contributed by atoms with Gasteiger partial charge < -0.3 is 5.11 Å². The van der Waals surface area contributed by atoms with Crippen LogP contribution in [0.5, 0.6) is 0 Å². The van der Waals surface area contributed by atoms with Crippen molar-refractivity contribution in [1.29, 1.82) is 0 Å². The van der Waals surface area contributed by atoms with E-state index in [0.29, 0.717) is 6.04 Å². The zero-order valence-electron chi connectivity index (χ0n) is 10.1. The summed E-state index contributed by atoms with van der Waals surface area (Å²) in [5, 5.41) is 12.0. The summed E-state index contributed by atoms with van der Waals surface area (Å²) in [6, 6.07) is 2.54. The quantitative estimate of drug-likeness (QED) is 0.876. The Morgan fingerprint density at radius 3 is 3.00 bits per heavy atom. The first-order valence-corrected chi connectivity index (χ1v) is 7.01. The van der Waals surface area contributed by atoms with Crippen LogP contribution in [0.4, 0.5) is 0 Å². The molecule has 0 spiro atoms. The first-order valence-electron chi connectivity index (χ1n) is 6.13. The number of piperidine rings is 1. The van der Waals surface area contributed by atoms with Gasteiger partial charge in [0.2, 0.25) is 0 Å². The van der Waals surface area contributed by atoms with E-state index < -0.39 is 0 Å². The number of likely N-dealkylation sites (tertiary alicyclic amines) is 1. The molecular formula is C13H21NOS. The number of hydrogen-bond acceptors (Lipinski definition) is 3. The van der Waals surface area contributed by atoms with Crippen LogP contribution >= 0.6 is 11.3 Å². The number of hydrogen-bond donors (Lipinski definition) is 1. The van der Waals surface area contributed by atoms with Crippen molar-refractivity contribution < 1.29 is 5.11 Å². The van der Waals surface area contributed by atoms with Gasteiger partial charge in [-0.2, -0.15) is 0 Å². The molecule has 1 aliphatic heterocycles. The number of nitrogens with zero attached hydrogens (tertiary/aromatic N) is 1. The maximum absolute atomic E-state index is 9.81. The molecule has 1 fully saturated rings. The van der Waals surface area contributed by atoms with E-state index in [0.717, 1.165) is 19.5 Å². The fourth-order valence-corrected chi connectivity index (χ4v) is 3.44. The van der Waals surface area contributed by atoms with Gasteiger partial charge in [-0.05, 0) is 50.2 Å². The predicted octanol–water partition coefficient (Wildman–Crippen LogP) is 2.79. The van der Waals surface area contributed by atoms with Crippen molar-refractivity contribution in [1.82, 2.24) is 4.90 Å². The Balaban J connectivity index is 2.04. The van der Waals surface area contributed by atoms with Crippen molar-refractivity contribution in [3.8, 4) is 0 Å². The third-order valence-corrected chi connectivity index (χ3v) is 4.54. The largest absolute Gasteiger partial charge is 0.392 e. The van der Waals surface area contributed by atoms with Crippen LogP contribution in [0.1, 0.15) is 36.6 Å².